The average Bonchev–Trinajstić information content (AvgIpc) is 2.55. The molecule has 0 unspecified atom stereocenters. The van der Waals surface area contributed by atoms with Crippen molar-refractivity contribution in [3.63, 3.8) is 0 Å². The highest BCUT2D eigenvalue weighted by Crippen LogP contribution is 2.22. The Morgan fingerprint density at radius 1 is 1.10 bits per heavy atom. The number of hydrogen-bond donors (Lipinski definition) is 1. The van der Waals surface area contributed by atoms with E-state index in [-0.39, 0.29) is 17.0 Å². The molecule has 1 aromatic heterocycles. The Hall–Kier alpha value is -2.40. The largest absolute Gasteiger partial charge is 0.378 e. The Morgan fingerprint density at radius 2 is 1.81 bits per heavy atom. The molecule has 1 fully saturated rings. The number of ether oxygens (including phenoxy) is 1. The Bertz CT molecular complexity index is 688. The first-order valence-corrected chi connectivity index (χ1v) is 6.91. The fraction of sp³-hybridized carbons (Fsp3) is 0.250. The maximum Gasteiger partial charge on any atom is 0.261 e. The molecule has 5 heteroatoms. The minimum Gasteiger partial charge on any atom is -0.378 e. The number of nitrogens with zero attached hydrogens (tertiary/aromatic N) is 1. The van der Waals surface area contributed by atoms with Crippen LogP contribution in [0, 0.1) is 0 Å². The molecule has 0 radical (unpaired) electrons. The molecule has 1 saturated heterocycles. The number of morpholine rings is 1. The normalized spacial score (nSPS) is 15.0. The van der Waals surface area contributed by atoms with Gasteiger partial charge >= 0.3 is 0 Å². The van der Waals surface area contributed by atoms with Crippen molar-refractivity contribution in [1.82, 2.24) is 9.88 Å². The van der Waals surface area contributed by atoms with E-state index in [9.17, 15) is 9.59 Å². The van der Waals surface area contributed by atoms with E-state index in [0.29, 0.717) is 31.9 Å². The maximum atomic E-state index is 12.7. The Balaban J connectivity index is 2.05. The Kier molecular flexibility index (Phi) is 3.83. The van der Waals surface area contributed by atoms with Gasteiger partial charge in [-0.15, -0.1) is 0 Å². The highest BCUT2D eigenvalue weighted by atomic mass is 16.5. The minimum atomic E-state index is -0.354. The second-order valence-electron chi connectivity index (χ2n) is 4.87. The van der Waals surface area contributed by atoms with Gasteiger partial charge in [0.25, 0.3) is 11.5 Å². The molecule has 0 aliphatic carbocycles. The standard InChI is InChI=1S/C16H16N2O3/c19-15-14(16(20)18-8-10-21-11-9-18)13(6-7-17-15)12-4-2-1-3-5-12/h1-7H,8-11H2,(H,17,19). The van der Waals surface area contributed by atoms with Gasteiger partial charge in [0.1, 0.15) is 5.56 Å². The van der Waals surface area contributed by atoms with Gasteiger partial charge in [-0.3, -0.25) is 9.59 Å². The molecule has 1 aromatic carbocycles. The molecular weight excluding hydrogens is 268 g/mol. The van der Waals surface area contributed by atoms with E-state index in [1.54, 1.807) is 17.2 Å². The highest BCUT2D eigenvalue weighted by molar-refractivity contribution is 6.00. The van der Waals surface area contributed by atoms with Gasteiger partial charge in [0.2, 0.25) is 0 Å². The van der Waals surface area contributed by atoms with Gasteiger partial charge in [-0.25, -0.2) is 0 Å². The summed E-state index contributed by atoms with van der Waals surface area (Å²) >= 11 is 0. The lowest BCUT2D eigenvalue weighted by Gasteiger charge is -2.27. The van der Waals surface area contributed by atoms with Crippen LogP contribution >= 0.6 is 0 Å². The molecular formula is C16H16N2O3. The second-order valence-corrected chi connectivity index (χ2v) is 4.87. The molecule has 5 nitrogen and oxygen atoms in total. The van der Waals surface area contributed by atoms with Crippen molar-refractivity contribution in [3.8, 4) is 11.1 Å². The lowest BCUT2D eigenvalue weighted by atomic mass is 10.0. The average molecular weight is 284 g/mol. The van der Waals surface area contributed by atoms with E-state index in [0.717, 1.165) is 5.56 Å². The number of benzene rings is 1. The van der Waals surface area contributed by atoms with E-state index in [2.05, 4.69) is 4.98 Å². The van der Waals surface area contributed by atoms with Crippen molar-refractivity contribution in [1.29, 1.82) is 0 Å². The van der Waals surface area contributed by atoms with Crippen LogP contribution in [0.4, 0.5) is 0 Å². The Labute approximate surface area is 122 Å². The van der Waals surface area contributed by atoms with Crippen molar-refractivity contribution < 1.29 is 9.53 Å². The SMILES string of the molecule is O=C(c1c(-c2ccccc2)cc[nH]c1=O)N1CCOCC1. The number of rotatable bonds is 2. The first kappa shape index (κ1) is 13.6. The quantitative estimate of drug-likeness (QED) is 0.909. The fourth-order valence-electron chi connectivity index (χ4n) is 2.47. The molecule has 1 amide bonds. The summed E-state index contributed by atoms with van der Waals surface area (Å²) in [5.41, 5.74) is 1.37. The number of nitrogens with one attached hydrogen (secondary N) is 1. The van der Waals surface area contributed by atoms with Crippen molar-refractivity contribution >= 4 is 5.91 Å². The molecule has 21 heavy (non-hydrogen) atoms. The van der Waals surface area contributed by atoms with Crippen LogP contribution in [0.1, 0.15) is 10.4 Å². The molecule has 0 spiro atoms. The van der Waals surface area contributed by atoms with E-state index < -0.39 is 0 Å². The highest BCUT2D eigenvalue weighted by Gasteiger charge is 2.24. The summed E-state index contributed by atoms with van der Waals surface area (Å²) in [5, 5.41) is 0. The molecule has 2 heterocycles. The van der Waals surface area contributed by atoms with Gasteiger partial charge in [0.15, 0.2) is 0 Å². The van der Waals surface area contributed by atoms with Crippen LogP contribution in [-0.4, -0.2) is 42.1 Å². The summed E-state index contributed by atoms with van der Waals surface area (Å²) in [4.78, 5) is 29.1. The Morgan fingerprint density at radius 3 is 2.52 bits per heavy atom. The van der Waals surface area contributed by atoms with Gasteiger partial charge in [-0.05, 0) is 11.6 Å². The third-order valence-electron chi connectivity index (χ3n) is 3.56. The van der Waals surface area contributed by atoms with Crippen LogP contribution < -0.4 is 5.56 Å². The maximum absolute atomic E-state index is 12.7. The van der Waals surface area contributed by atoms with Crippen LogP contribution in [0.25, 0.3) is 11.1 Å². The molecule has 0 saturated carbocycles. The molecule has 1 N–H and O–H groups in total. The lowest BCUT2D eigenvalue weighted by molar-refractivity contribution is 0.0302. The second kappa shape index (κ2) is 5.93. The van der Waals surface area contributed by atoms with Crippen molar-refractivity contribution in [2.75, 3.05) is 26.3 Å². The fourth-order valence-corrected chi connectivity index (χ4v) is 2.47. The molecule has 1 aliphatic heterocycles. The number of amides is 1. The zero-order valence-electron chi connectivity index (χ0n) is 11.5. The summed E-state index contributed by atoms with van der Waals surface area (Å²) in [6.07, 6.45) is 1.57. The number of carbonyl (C=O) groups is 1. The summed E-state index contributed by atoms with van der Waals surface area (Å²) in [6.45, 7) is 2.05. The summed E-state index contributed by atoms with van der Waals surface area (Å²) < 4.78 is 5.25. The van der Waals surface area contributed by atoms with E-state index >= 15 is 0 Å². The number of H-pyrrole nitrogens is 1. The molecule has 3 rings (SSSR count). The number of pyridine rings is 1. The molecule has 108 valence electrons. The monoisotopic (exact) mass is 284 g/mol. The minimum absolute atomic E-state index is 0.200. The summed E-state index contributed by atoms with van der Waals surface area (Å²) in [5.74, 6) is -0.237. The van der Waals surface area contributed by atoms with Crippen LogP contribution in [0.5, 0.6) is 0 Å². The number of hydrogen-bond acceptors (Lipinski definition) is 3. The van der Waals surface area contributed by atoms with Crippen molar-refractivity contribution in [2.24, 2.45) is 0 Å². The topological polar surface area (TPSA) is 62.4 Å². The first-order chi connectivity index (χ1) is 10.3. The first-order valence-electron chi connectivity index (χ1n) is 6.91. The lowest BCUT2D eigenvalue weighted by Crippen LogP contribution is -2.42. The van der Waals surface area contributed by atoms with Gasteiger partial charge in [-0.1, -0.05) is 30.3 Å². The van der Waals surface area contributed by atoms with Crippen LogP contribution in [-0.2, 0) is 4.74 Å². The zero-order chi connectivity index (χ0) is 14.7. The summed E-state index contributed by atoms with van der Waals surface area (Å²) in [6, 6.07) is 11.2. The number of aromatic amines is 1. The predicted octanol–water partition coefficient (Wildman–Crippen LogP) is 1.51. The number of carbonyl (C=O) groups excluding carboxylic acids is 1. The van der Waals surface area contributed by atoms with Crippen LogP contribution in [0.2, 0.25) is 0 Å². The van der Waals surface area contributed by atoms with E-state index in [4.69, 9.17) is 4.74 Å². The van der Waals surface area contributed by atoms with Crippen molar-refractivity contribution in [3.05, 3.63) is 58.5 Å². The molecule has 0 bridgehead atoms. The third kappa shape index (κ3) is 2.73. The van der Waals surface area contributed by atoms with Gasteiger partial charge in [-0.2, -0.15) is 0 Å². The smallest absolute Gasteiger partial charge is 0.261 e. The molecule has 1 aliphatic rings. The zero-order valence-corrected chi connectivity index (χ0v) is 11.5. The third-order valence-corrected chi connectivity index (χ3v) is 3.56. The number of aromatic nitrogens is 1. The van der Waals surface area contributed by atoms with Gasteiger partial charge < -0.3 is 14.6 Å². The molecule has 0 atom stereocenters. The summed E-state index contributed by atoms with van der Waals surface area (Å²) in [7, 11) is 0. The van der Waals surface area contributed by atoms with Gasteiger partial charge in [0.05, 0.1) is 13.2 Å². The van der Waals surface area contributed by atoms with Gasteiger partial charge in [0, 0.05) is 24.8 Å². The molecule has 2 aromatic rings. The van der Waals surface area contributed by atoms with Crippen LogP contribution in [0.3, 0.4) is 0 Å². The predicted molar refractivity (Wildman–Crippen MR) is 79.2 cm³/mol. The van der Waals surface area contributed by atoms with Crippen LogP contribution in [0.15, 0.2) is 47.4 Å². The van der Waals surface area contributed by atoms with E-state index in [1.165, 1.54) is 0 Å². The van der Waals surface area contributed by atoms with Crippen molar-refractivity contribution in [2.45, 2.75) is 0 Å². The van der Waals surface area contributed by atoms with E-state index in [1.807, 2.05) is 30.3 Å².